The molecule has 1 aliphatic heterocycles. The van der Waals surface area contributed by atoms with Crippen LogP contribution in [0.5, 0.6) is 0 Å². The van der Waals surface area contributed by atoms with E-state index in [2.05, 4.69) is 5.10 Å². The standard InChI is InChI=1S/C12H20ClN3O2S/c1-3-19(17,18)16-8-6-4-5-7-11(16)12-10(13)9-15(2)14-12/h9,11H,3-8H2,1-2H3. The highest BCUT2D eigenvalue weighted by molar-refractivity contribution is 7.89. The summed E-state index contributed by atoms with van der Waals surface area (Å²) < 4.78 is 27.7. The zero-order valence-electron chi connectivity index (χ0n) is 11.3. The third kappa shape index (κ3) is 3.12. The number of nitrogens with zero attached hydrogens (tertiary/aromatic N) is 3. The first-order chi connectivity index (χ1) is 8.95. The Bertz CT molecular complexity index is 541. The molecule has 0 N–H and O–H groups in total. The van der Waals surface area contributed by atoms with Gasteiger partial charge in [0.15, 0.2) is 0 Å². The Morgan fingerprint density at radius 3 is 2.74 bits per heavy atom. The SMILES string of the molecule is CCS(=O)(=O)N1CCCCCC1c1nn(C)cc1Cl. The summed E-state index contributed by atoms with van der Waals surface area (Å²) in [7, 11) is -1.43. The average Bonchev–Trinajstić information content (AvgIpc) is 2.57. The van der Waals surface area contributed by atoms with Gasteiger partial charge in [-0.05, 0) is 19.8 Å². The van der Waals surface area contributed by atoms with E-state index >= 15 is 0 Å². The second-order valence-corrected chi connectivity index (χ2v) is 7.53. The molecule has 1 saturated heterocycles. The molecule has 2 heterocycles. The fourth-order valence-electron chi connectivity index (χ4n) is 2.56. The third-order valence-corrected chi connectivity index (χ3v) is 5.72. The van der Waals surface area contributed by atoms with E-state index < -0.39 is 10.0 Å². The molecule has 1 aromatic heterocycles. The summed E-state index contributed by atoms with van der Waals surface area (Å²) in [4.78, 5) is 0. The van der Waals surface area contributed by atoms with Gasteiger partial charge in [-0.25, -0.2) is 8.42 Å². The van der Waals surface area contributed by atoms with Crippen molar-refractivity contribution < 1.29 is 8.42 Å². The van der Waals surface area contributed by atoms with Crippen LogP contribution in [0.3, 0.4) is 0 Å². The topological polar surface area (TPSA) is 55.2 Å². The molecule has 2 rings (SSSR count). The van der Waals surface area contributed by atoms with Crippen LogP contribution in [0.2, 0.25) is 5.02 Å². The molecule has 0 saturated carbocycles. The van der Waals surface area contributed by atoms with E-state index in [-0.39, 0.29) is 11.8 Å². The first-order valence-corrected chi connectivity index (χ1v) is 8.63. The molecule has 1 aromatic rings. The molecule has 5 nitrogen and oxygen atoms in total. The summed E-state index contributed by atoms with van der Waals surface area (Å²) in [5, 5.41) is 4.90. The quantitative estimate of drug-likeness (QED) is 0.861. The van der Waals surface area contributed by atoms with Crippen LogP contribution in [0.25, 0.3) is 0 Å². The van der Waals surface area contributed by atoms with E-state index in [0.29, 0.717) is 17.3 Å². The second-order valence-electron chi connectivity index (χ2n) is 4.91. The van der Waals surface area contributed by atoms with Gasteiger partial charge in [0.2, 0.25) is 10.0 Å². The molecule has 0 bridgehead atoms. The van der Waals surface area contributed by atoms with Crippen molar-refractivity contribution >= 4 is 21.6 Å². The first-order valence-electron chi connectivity index (χ1n) is 6.64. The van der Waals surface area contributed by atoms with Crippen LogP contribution >= 0.6 is 11.6 Å². The van der Waals surface area contributed by atoms with Crippen molar-refractivity contribution in [2.24, 2.45) is 7.05 Å². The molecule has 0 spiro atoms. The average molecular weight is 306 g/mol. The van der Waals surface area contributed by atoms with Crippen LogP contribution in [-0.2, 0) is 17.1 Å². The number of halogens is 1. The summed E-state index contributed by atoms with van der Waals surface area (Å²) in [5.74, 6) is 0.119. The smallest absolute Gasteiger partial charge is 0.214 e. The second kappa shape index (κ2) is 5.81. The summed E-state index contributed by atoms with van der Waals surface area (Å²) in [5.41, 5.74) is 0.683. The van der Waals surface area contributed by atoms with Crippen LogP contribution in [0.1, 0.15) is 44.3 Å². The molecule has 0 amide bonds. The monoisotopic (exact) mass is 305 g/mol. The molecule has 19 heavy (non-hydrogen) atoms. The zero-order valence-corrected chi connectivity index (χ0v) is 12.9. The Labute approximate surface area is 119 Å². The fourth-order valence-corrected chi connectivity index (χ4v) is 4.19. The molecule has 0 radical (unpaired) electrons. The lowest BCUT2D eigenvalue weighted by molar-refractivity contribution is 0.322. The third-order valence-electron chi connectivity index (χ3n) is 3.55. The Morgan fingerprint density at radius 1 is 1.42 bits per heavy atom. The number of aromatic nitrogens is 2. The van der Waals surface area contributed by atoms with Crippen molar-refractivity contribution in [1.82, 2.24) is 14.1 Å². The number of aryl methyl sites for hydroxylation is 1. The van der Waals surface area contributed by atoms with Crippen molar-refractivity contribution in [3.05, 3.63) is 16.9 Å². The predicted molar refractivity (Wildman–Crippen MR) is 75.6 cm³/mol. The summed E-state index contributed by atoms with van der Waals surface area (Å²) in [6.07, 6.45) is 5.47. The Morgan fingerprint density at radius 2 is 2.16 bits per heavy atom. The van der Waals surface area contributed by atoms with Crippen molar-refractivity contribution in [3.8, 4) is 0 Å². The van der Waals surface area contributed by atoms with Crippen molar-refractivity contribution in [3.63, 3.8) is 0 Å². The summed E-state index contributed by atoms with van der Waals surface area (Å²) in [6.45, 7) is 2.24. The predicted octanol–water partition coefficient (Wildman–Crippen LogP) is 2.34. The molecular formula is C12H20ClN3O2S. The van der Waals surface area contributed by atoms with Gasteiger partial charge in [0, 0.05) is 19.8 Å². The van der Waals surface area contributed by atoms with Gasteiger partial charge in [-0.3, -0.25) is 4.68 Å². The molecular weight excluding hydrogens is 286 g/mol. The normalized spacial score (nSPS) is 22.4. The molecule has 0 aromatic carbocycles. The van der Waals surface area contributed by atoms with Crippen LogP contribution in [0, 0.1) is 0 Å². The lowest BCUT2D eigenvalue weighted by Gasteiger charge is -2.27. The summed E-state index contributed by atoms with van der Waals surface area (Å²) >= 11 is 6.19. The highest BCUT2D eigenvalue weighted by atomic mass is 35.5. The van der Waals surface area contributed by atoms with Gasteiger partial charge in [-0.15, -0.1) is 0 Å². The number of rotatable bonds is 3. The summed E-state index contributed by atoms with van der Waals surface area (Å²) in [6, 6.07) is -0.221. The van der Waals surface area contributed by atoms with Crippen LogP contribution < -0.4 is 0 Å². The minimum absolute atomic E-state index is 0.119. The fraction of sp³-hybridized carbons (Fsp3) is 0.750. The minimum atomic E-state index is -3.22. The molecule has 1 atom stereocenters. The van der Waals surface area contributed by atoms with Crippen molar-refractivity contribution in [1.29, 1.82) is 0 Å². The van der Waals surface area contributed by atoms with Gasteiger partial charge < -0.3 is 0 Å². The van der Waals surface area contributed by atoms with E-state index in [0.717, 1.165) is 25.7 Å². The van der Waals surface area contributed by atoms with Crippen LogP contribution in [-0.4, -0.2) is 34.8 Å². The number of hydrogen-bond donors (Lipinski definition) is 0. The van der Waals surface area contributed by atoms with Gasteiger partial charge >= 0.3 is 0 Å². The molecule has 7 heteroatoms. The Kier molecular flexibility index (Phi) is 4.53. The van der Waals surface area contributed by atoms with Gasteiger partial charge in [0.05, 0.1) is 22.5 Å². The van der Waals surface area contributed by atoms with E-state index in [4.69, 9.17) is 11.6 Å². The lowest BCUT2D eigenvalue weighted by atomic mass is 10.1. The van der Waals surface area contributed by atoms with E-state index in [1.54, 1.807) is 29.2 Å². The molecule has 108 valence electrons. The van der Waals surface area contributed by atoms with E-state index in [1.807, 2.05) is 0 Å². The maximum absolute atomic E-state index is 12.3. The Balaban J connectivity index is 2.40. The number of sulfonamides is 1. The minimum Gasteiger partial charge on any atom is -0.274 e. The van der Waals surface area contributed by atoms with Gasteiger partial charge in [0.25, 0.3) is 0 Å². The van der Waals surface area contributed by atoms with Gasteiger partial charge in [0.1, 0.15) is 0 Å². The lowest BCUT2D eigenvalue weighted by Crippen LogP contribution is -2.36. The first kappa shape index (κ1) is 14.8. The van der Waals surface area contributed by atoms with Crippen LogP contribution in [0.15, 0.2) is 6.20 Å². The maximum Gasteiger partial charge on any atom is 0.214 e. The van der Waals surface area contributed by atoms with E-state index in [1.165, 1.54) is 0 Å². The maximum atomic E-state index is 12.3. The molecule has 1 fully saturated rings. The van der Waals surface area contributed by atoms with Gasteiger partial charge in [-0.1, -0.05) is 24.4 Å². The van der Waals surface area contributed by atoms with Crippen molar-refractivity contribution in [2.45, 2.75) is 38.6 Å². The highest BCUT2D eigenvalue weighted by Crippen LogP contribution is 2.34. The number of hydrogen-bond acceptors (Lipinski definition) is 3. The Hall–Kier alpha value is -0.590. The highest BCUT2D eigenvalue weighted by Gasteiger charge is 2.33. The molecule has 1 unspecified atom stereocenters. The zero-order chi connectivity index (χ0) is 14.0. The van der Waals surface area contributed by atoms with Gasteiger partial charge in [-0.2, -0.15) is 9.40 Å². The van der Waals surface area contributed by atoms with Crippen molar-refractivity contribution in [2.75, 3.05) is 12.3 Å². The van der Waals surface area contributed by atoms with Crippen LogP contribution in [0.4, 0.5) is 0 Å². The molecule has 0 aliphatic carbocycles. The van der Waals surface area contributed by atoms with E-state index in [9.17, 15) is 8.42 Å². The largest absolute Gasteiger partial charge is 0.274 e. The molecule has 1 aliphatic rings.